The van der Waals surface area contributed by atoms with Crippen molar-refractivity contribution in [2.24, 2.45) is 0 Å². The number of carbonyl (C=O) groups excluding carboxylic acids is 2. The van der Waals surface area contributed by atoms with Crippen molar-refractivity contribution in [2.45, 2.75) is 6.42 Å². The third-order valence-corrected chi connectivity index (χ3v) is 3.77. The van der Waals surface area contributed by atoms with E-state index in [2.05, 4.69) is 10.3 Å². The molecule has 1 heterocycles. The van der Waals surface area contributed by atoms with Gasteiger partial charge in [0.2, 0.25) is 5.75 Å². The molecule has 2 aromatic rings. The van der Waals surface area contributed by atoms with Crippen molar-refractivity contribution in [2.75, 3.05) is 33.3 Å². The average molecular weight is 395 g/mol. The summed E-state index contributed by atoms with van der Waals surface area (Å²) in [4.78, 5) is 27.8. The Balaban J connectivity index is 1.95. The highest BCUT2D eigenvalue weighted by Gasteiger charge is 2.16. The van der Waals surface area contributed by atoms with E-state index in [0.717, 1.165) is 0 Å². The monoisotopic (exact) mass is 394 g/mol. The first-order chi connectivity index (χ1) is 13.0. The van der Waals surface area contributed by atoms with E-state index in [0.29, 0.717) is 28.5 Å². The lowest BCUT2D eigenvalue weighted by Crippen LogP contribution is -2.22. The van der Waals surface area contributed by atoms with Gasteiger partial charge in [0.15, 0.2) is 23.3 Å². The number of anilines is 1. The number of amides is 1. The lowest BCUT2D eigenvalue weighted by Gasteiger charge is -2.14. The van der Waals surface area contributed by atoms with Gasteiger partial charge >= 0.3 is 5.97 Å². The minimum Gasteiger partial charge on any atom is -0.493 e. The van der Waals surface area contributed by atoms with E-state index in [-0.39, 0.29) is 11.6 Å². The Labute approximate surface area is 161 Å². The van der Waals surface area contributed by atoms with Gasteiger partial charge in [-0.05, 0) is 29.8 Å². The van der Waals surface area contributed by atoms with E-state index >= 15 is 0 Å². The fourth-order valence-electron chi connectivity index (χ4n) is 2.27. The molecule has 0 saturated carbocycles. The summed E-state index contributed by atoms with van der Waals surface area (Å²) in [6.07, 6.45) is 1.42. The van der Waals surface area contributed by atoms with Crippen molar-refractivity contribution in [1.82, 2.24) is 4.98 Å². The molecule has 0 atom stereocenters. The van der Waals surface area contributed by atoms with Crippen LogP contribution in [0.25, 0.3) is 0 Å². The molecule has 9 heteroatoms. The zero-order valence-corrected chi connectivity index (χ0v) is 15.8. The van der Waals surface area contributed by atoms with Gasteiger partial charge in [0.25, 0.3) is 5.91 Å². The lowest BCUT2D eigenvalue weighted by atomic mass is 10.1. The molecule has 27 heavy (non-hydrogen) atoms. The smallest absolute Gasteiger partial charge is 0.310 e. The predicted octanol–water partition coefficient (Wildman–Crippen LogP) is 2.49. The molecule has 0 spiro atoms. The van der Waals surface area contributed by atoms with Crippen LogP contribution in [-0.2, 0) is 20.7 Å². The number of ether oxygens (including phenoxy) is 4. The number of nitrogens with zero attached hydrogens (tertiary/aromatic N) is 1. The SMILES string of the molecule is COc1cc(CC(=O)OCC(=O)Nc2cccnc2Cl)cc(OC)c1OC. The van der Waals surface area contributed by atoms with Gasteiger partial charge in [-0.1, -0.05) is 11.6 Å². The minimum atomic E-state index is -0.586. The molecule has 0 aliphatic carbocycles. The second-order valence-corrected chi connectivity index (χ2v) is 5.62. The van der Waals surface area contributed by atoms with Gasteiger partial charge in [0.05, 0.1) is 33.4 Å². The molecule has 0 unspecified atom stereocenters. The molecule has 0 aliphatic rings. The van der Waals surface area contributed by atoms with Crippen LogP contribution in [-0.4, -0.2) is 44.8 Å². The number of hydrogen-bond donors (Lipinski definition) is 1. The van der Waals surface area contributed by atoms with Crippen LogP contribution in [0.4, 0.5) is 5.69 Å². The summed E-state index contributed by atoms with van der Waals surface area (Å²) in [6, 6.07) is 6.49. The third kappa shape index (κ3) is 5.49. The summed E-state index contributed by atoms with van der Waals surface area (Å²) in [7, 11) is 4.45. The summed E-state index contributed by atoms with van der Waals surface area (Å²) in [5.41, 5.74) is 0.926. The first kappa shape index (κ1) is 20.3. The van der Waals surface area contributed by atoms with Gasteiger partial charge in [0.1, 0.15) is 0 Å². The highest BCUT2D eigenvalue weighted by Crippen LogP contribution is 2.38. The standard InChI is InChI=1S/C18H19ClN2O6/c1-24-13-7-11(8-14(25-2)17(13)26-3)9-16(23)27-10-15(22)21-12-5-4-6-20-18(12)19/h4-8H,9-10H2,1-3H3,(H,21,22). The van der Waals surface area contributed by atoms with Crippen LogP contribution in [0.15, 0.2) is 30.5 Å². The van der Waals surface area contributed by atoms with E-state index < -0.39 is 18.5 Å². The summed E-state index contributed by atoms with van der Waals surface area (Å²) < 4.78 is 20.7. The van der Waals surface area contributed by atoms with Crippen molar-refractivity contribution in [3.8, 4) is 17.2 Å². The number of aromatic nitrogens is 1. The Morgan fingerprint density at radius 3 is 2.33 bits per heavy atom. The van der Waals surface area contributed by atoms with E-state index in [1.165, 1.54) is 27.5 Å². The number of rotatable bonds is 8. The molecule has 2 rings (SSSR count). The molecule has 0 radical (unpaired) electrons. The second kappa shape index (κ2) is 9.63. The zero-order valence-electron chi connectivity index (χ0n) is 15.1. The van der Waals surface area contributed by atoms with Crippen molar-refractivity contribution in [3.05, 3.63) is 41.2 Å². The van der Waals surface area contributed by atoms with Crippen molar-refractivity contribution in [3.63, 3.8) is 0 Å². The van der Waals surface area contributed by atoms with Crippen LogP contribution in [0.2, 0.25) is 5.15 Å². The summed E-state index contributed by atoms with van der Waals surface area (Å²) in [5.74, 6) is 0.150. The van der Waals surface area contributed by atoms with E-state index in [4.69, 9.17) is 30.5 Å². The normalized spacial score (nSPS) is 10.1. The van der Waals surface area contributed by atoms with Crippen LogP contribution in [0, 0.1) is 0 Å². The molecule has 1 amide bonds. The van der Waals surface area contributed by atoms with Crippen molar-refractivity contribution >= 4 is 29.2 Å². The van der Waals surface area contributed by atoms with E-state index in [9.17, 15) is 9.59 Å². The Bertz CT molecular complexity index is 802. The highest BCUT2D eigenvalue weighted by atomic mass is 35.5. The molecule has 0 aliphatic heterocycles. The maximum atomic E-state index is 12.0. The number of halogens is 1. The molecule has 144 valence electrons. The average Bonchev–Trinajstić information content (AvgIpc) is 2.67. The maximum Gasteiger partial charge on any atom is 0.310 e. The van der Waals surface area contributed by atoms with Gasteiger partial charge in [-0.3, -0.25) is 9.59 Å². The number of esters is 1. The number of carbonyl (C=O) groups is 2. The largest absolute Gasteiger partial charge is 0.493 e. The molecule has 1 N–H and O–H groups in total. The number of benzene rings is 1. The molecular formula is C18H19ClN2O6. The Hall–Kier alpha value is -3.00. The third-order valence-electron chi connectivity index (χ3n) is 3.47. The van der Waals surface area contributed by atoms with Gasteiger partial charge in [-0.15, -0.1) is 0 Å². The molecule has 8 nitrogen and oxygen atoms in total. The van der Waals surface area contributed by atoms with Gasteiger partial charge in [-0.2, -0.15) is 0 Å². The molecule has 1 aromatic carbocycles. The maximum absolute atomic E-state index is 12.0. The molecule has 0 fully saturated rings. The minimum absolute atomic E-state index is 0.0718. The van der Waals surface area contributed by atoms with Crippen LogP contribution in [0.5, 0.6) is 17.2 Å². The van der Waals surface area contributed by atoms with E-state index in [1.54, 1.807) is 24.3 Å². The first-order valence-electron chi connectivity index (χ1n) is 7.83. The quantitative estimate of drug-likeness (QED) is 0.542. The molecular weight excluding hydrogens is 376 g/mol. The lowest BCUT2D eigenvalue weighted by molar-refractivity contribution is -0.146. The summed E-state index contributed by atoms with van der Waals surface area (Å²) >= 11 is 5.85. The highest BCUT2D eigenvalue weighted by molar-refractivity contribution is 6.32. The van der Waals surface area contributed by atoms with Crippen LogP contribution in [0.3, 0.4) is 0 Å². The fraction of sp³-hybridized carbons (Fsp3) is 0.278. The van der Waals surface area contributed by atoms with Gasteiger partial charge in [0, 0.05) is 6.20 Å². The fourth-order valence-corrected chi connectivity index (χ4v) is 2.43. The number of nitrogens with one attached hydrogen (secondary N) is 1. The van der Waals surface area contributed by atoms with Gasteiger partial charge < -0.3 is 24.3 Å². The number of pyridine rings is 1. The Morgan fingerprint density at radius 1 is 1.11 bits per heavy atom. The summed E-state index contributed by atoms with van der Waals surface area (Å²) in [5, 5.41) is 2.66. The van der Waals surface area contributed by atoms with E-state index in [1.807, 2.05) is 0 Å². The van der Waals surface area contributed by atoms with Crippen molar-refractivity contribution in [1.29, 1.82) is 0 Å². The van der Waals surface area contributed by atoms with Crippen LogP contribution >= 0.6 is 11.6 Å². The molecule has 1 aromatic heterocycles. The van der Waals surface area contributed by atoms with Crippen molar-refractivity contribution < 1.29 is 28.5 Å². The summed E-state index contributed by atoms with van der Waals surface area (Å²) in [6.45, 7) is -0.450. The molecule has 0 bridgehead atoms. The predicted molar refractivity (Wildman–Crippen MR) is 98.6 cm³/mol. The molecule has 0 saturated heterocycles. The van der Waals surface area contributed by atoms with Gasteiger partial charge in [-0.25, -0.2) is 4.98 Å². The first-order valence-corrected chi connectivity index (χ1v) is 8.21. The van der Waals surface area contributed by atoms with Crippen LogP contribution < -0.4 is 19.5 Å². The zero-order chi connectivity index (χ0) is 19.8. The Kier molecular flexibility index (Phi) is 7.25. The number of methoxy groups -OCH3 is 3. The number of hydrogen-bond acceptors (Lipinski definition) is 7. The second-order valence-electron chi connectivity index (χ2n) is 5.26. The van der Waals surface area contributed by atoms with Crippen LogP contribution in [0.1, 0.15) is 5.56 Å². The Morgan fingerprint density at radius 2 is 1.78 bits per heavy atom. The topological polar surface area (TPSA) is 96.0 Å².